The maximum Gasteiger partial charge on any atom is 0.251 e. The summed E-state index contributed by atoms with van der Waals surface area (Å²) < 4.78 is 5.32. The van der Waals surface area contributed by atoms with E-state index in [0.29, 0.717) is 11.4 Å². The van der Waals surface area contributed by atoms with E-state index in [4.69, 9.17) is 10.5 Å². The van der Waals surface area contributed by atoms with Crippen LogP contribution < -0.4 is 11.1 Å². The molecule has 1 aliphatic heterocycles. The maximum atomic E-state index is 12.3. The number of hydrogen-bond acceptors (Lipinski definition) is 5. The molecule has 1 atom stereocenters. The van der Waals surface area contributed by atoms with Crippen molar-refractivity contribution in [2.75, 3.05) is 38.6 Å². The van der Waals surface area contributed by atoms with Gasteiger partial charge in [-0.3, -0.25) is 9.69 Å². The monoisotopic (exact) mass is 292 g/mol. The highest BCUT2D eigenvalue weighted by atomic mass is 16.5. The number of nitrogens with one attached hydrogen (secondary N) is 1. The molecule has 0 aromatic carbocycles. The van der Waals surface area contributed by atoms with Gasteiger partial charge in [0.05, 0.1) is 13.2 Å². The summed E-state index contributed by atoms with van der Waals surface area (Å²) in [6.45, 7) is 8.20. The molecule has 0 spiro atoms. The van der Waals surface area contributed by atoms with Crippen molar-refractivity contribution < 1.29 is 9.53 Å². The fourth-order valence-electron chi connectivity index (χ4n) is 2.45. The van der Waals surface area contributed by atoms with E-state index < -0.39 is 0 Å². The second-order valence-corrected chi connectivity index (χ2v) is 5.41. The van der Waals surface area contributed by atoms with Crippen LogP contribution >= 0.6 is 0 Å². The first-order valence-corrected chi connectivity index (χ1v) is 7.46. The van der Waals surface area contributed by atoms with Crippen LogP contribution in [0.3, 0.4) is 0 Å². The molecule has 1 unspecified atom stereocenters. The zero-order valence-corrected chi connectivity index (χ0v) is 12.8. The van der Waals surface area contributed by atoms with E-state index in [1.165, 1.54) is 0 Å². The van der Waals surface area contributed by atoms with Gasteiger partial charge in [0.1, 0.15) is 5.82 Å². The van der Waals surface area contributed by atoms with Crippen LogP contribution in [-0.4, -0.2) is 54.7 Å². The van der Waals surface area contributed by atoms with Crippen LogP contribution in [0, 0.1) is 0 Å². The Kier molecular flexibility index (Phi) is 5.52. The number of nitrogens with zero attached hydrogens (tertiary/aromatic N) is 2. The van der Waals surface area contributed by atoms with Crippen molar-refractivity contribution in [2.24, 2.45) is 0 Å². The van der Waals surface area contributed by atoms with Crippen LogP contribution in [-0.2, 0) is 11.2 Å². The van der Waals surface area contributed by atoms with Crippen molar-refractivity contribution in [3.8, 4) is 0 Å². The third-order valence-electron chi connectivity index (χ3n) is 3.54. The Labute approximate surface area is 125 Å². The zero-order chi connectivity index (χ0) is 15.2. The standard InChI is InChI=1S/C15H24N4O2/c1-3-13-8-12(9-14(16)18-13)15(20)17-11(2)10-19-4-6-21-7-5-19/h8-9,11H,3-7,10H2,1-2H3,(H2,16,18)(H,17,20). The third-order valence-corrected chi connectivity index (χ3v) is 3.54. The van der Waals surface area contributed by atoms with Crippen LogP contribution in [0.15, 0.2) is 12.1 Å². The predicted molar refractivity (Wildman–Crippen MR) is 82.2 cm³/mol. The van der Waals surface area contributed by atoms with Crippen molar-refractivity contribution >= 4 is 11.7 Å². The van der Waals surface area contributed by atoms with E-state index in [0.717, 1.165) is 45.0 Å². The van der Waals surface area contributed by atoms with Gasteiger partial charge in [-0.2, -0.15) is 0 Å². The number of carbonyl (C=O) groups is 1. The lowest BCUT2D eigenvalue weighted by Gasteiger charge is -2.29. The number of aryl methyl sites for hydroxylation is 1. The summed E-state index contributed by atoms with van der Waals surface area (Å²) in [7, 11) is 0. The molecule has 0 aliphatic carbocycles. The summed E-state index contributed by atoms with van der Waals surface area (Å²) in [6, 6.07) is 3.50. The average molecular weight is 292 g/mol. The molecule has 0 saturated carbocycles. The van der Waals surface area contributed by atoms with Crippen LogP contribution in [0.5, 0.6) is 0 Å². The van der Waals surface area contributed by atoms with Gasteiger partial charge < -0.3 is 15.8 Å². The molecule has 1 saturated heterocycles. The van der Waals surface area contributed by atoms with E-state index in [1.807, 2.05) is 13.8 Å². The molecule has 6 heteroatoms. The van der Waals surface area contributed by atoms with Gasteiger partial charge in [0.2, 0.25) is 0 Å². The molecule has 0 bridgehead atoms. The molecule has 1 aliphatic rings. The van der Waals surface area contributed by atoms with Gasteiger partial charge in [0.15, 0.2) is 0 Å². The molecule has 1 aromatic rings. The summed E-state index contributed by atoms with van der Waals surface area (Å²) >= 11 is 0. The average Bonchev–Trinajstić information content (AvgIpc) is 2.47. The Morgan fingerprint density at radius 1 is 1.48 bits per heavy atom. The number of nitrogen functional groups attached to an aromatic ring is 1. The first-order valence-electron chi connectivity index (χ1n) is 7.46. The Morgan fingerprint density at radius 3 is 2.86 bits per heavy atom. The van der Waals surface area contributed by atoms with Crippen LogP contribution in [0.4, 0.5) is 5.82 Å². The van der Waals surface area contributed by atoms with Crippen molar-refractivity contribution in [2.45, 2.75) is 26.3 Å². The van der Waals surface area contributed by atoms with E-state index in [9.17, 15) is 4.79 Å². The van der Waals surface area contributed by atoms with Gasteiger partial charge in [0, 0.05) is 36.9 Å². The fourth-order valence-corrected chi connectivity index (χ4v) is 2.45. The number of nitrogens with two attached hydrogens (primary N) is 1. The molecule has 1 amide bonds. The van der Waals surface area contributed by atoms with Gasteiger partial charge in [0.25, 0.3) is 5.91 Å². The number of rotatable bonds is 5. The summed E-state index contributed by atoms with van der Waals surface area (Å²) in [5, 5.41) is 3.02. The number of aromatic nitrogens is 1. The topological polar surface area (TPSA) is 80.5 Å². The Balaban J connectivity index is 1.92. The summed E-state index contributed by atoms with van der Waals surface area (Å²) in [4.78, 5) is 18.8. The normalized spacial score (nSPS) is 17.4. The van der Waals surface area contributed by atoms with Gasteiger partial charge in [-0.25, -0.2) is 4.98 Å². The van der Waals surface area contributed by atoms with E-state index in [1.54, 1.807) is 12.1 Å². The SMILES string of the molecule is CCc1cc(C(=O)NC(C)CN2CCOCC2)cc(N)n1. The second kappa shape index (κ2) is 7.38. The number of hydrogen-bond donors (Lipinski definition) is 2. The van der Waals surface area contributed by atoms with Crippen molar-refractivity contribution in [3.05, 3.63) is 23.4 Å². The molecule has 2 rings (SSSR count). The first-order chi connectivity index (χ1) is 10.1. The highest BCUT2D eigenvalue weighted by Gasteiger charge is 2.16. The number of morpholine rings is 1. The lowest BCUT2D eigenvalue weighted by atomic mass is 10.1. The highest BCUT2D eigenvalue weighted by molar-refractivity contribution is 5.95. The quantitative estimate of drug-likeness (QED) is 0.834. The summed E-state index contributed by atoms with van der Waals surface area (Å²) in [5.41, 5.74) is 7.15. The Bertz CT molecular complexity index is 487. The van der Waals surface area contributed by atoms with Gasteiger partial charge >= 0.3 is 0 Å². The van der Waals surface area contributed by atoms with Crippen LogP contribution in [0.1, 0.15) is 29.9 Å². The van der Waals surface area contributed by atoms with Crippen molar-refractivity contribution in [3.63, 3.8) is 0 Å². The van der Waals surface area contributed by atoms with E-state index >= 15 is 0 Å². The molecule has 21 heavy (non-hydrogen) atoms. The Hall–Kier alpha value is -1.66. The fraction of sp³-hybridized carbons (Fsp3) is 0.600. The van der Waals surface area contributed by atoms with Gasteiger partial charge in [-0.05, 0) is 25.5 Å². The molecule has 2 heterocycles. The lowest BCUT2D eigenvalue weighted by Crippen LogP contribution is -2.46. The summed E-state index contributed by atoms with van der Waals surface area (Å²) in [5.74, 6) is 0.292. The highest BCUT2D eigenvalue weighted by Crippen LogP contribution is 2.09. The van der Waals surface area contributed by atoms with Crippen LogP contribution in [0.25, 0.3) is 0 Å². The summed E-state index contributed by atoms with van der Waals surface area (Å²) in [6.07, 6.45) is 0.759. The van der Waals surface area contributed by atoms with Crippen molar-refractivity contribution in [1.29, 1.82) is 0 Å². The predicted octanol–water partition coefficient (Wildman–Crippen LogP) is 0.677. The molecule has 1 fully saturated rings. The number of anilines is 1. The smallest absolute Gasteiger partial charge is 0.251 e. The molecule has 1 aromatic heterocycles. The molecule has 6 nitrogen and oxygen atoms in total. The lowest BCUT2D eigenvalue weighted by molar-refractivity contribution is 0.0342. The largest absolute Gasteiger partial charge is 0.384 e. The molecular formula is C15H24N4O2. The molecule has 3 N–H and O–H groups in total. The van der Waals surface area contributed by atoms with Gasteiger partial charge in [-0.15, -0.1) is 0 Å². The minimum atomic E-state index is -0.0976. The van der Waals surface area contributed by atoms with Crippen LogP contribution in [0.2, 0.25) is 0 Å². The zero-order valence-electron chi connectivity index (χ0n) is 12.8. The minimum Gasteiger partial charge on any atom is -0.384 e. The maximum absolute atomic E-state index is 12.3. The van der Waals surface area contributed by atoms with Crippen molar-refractivity contribution in [1.82, 2.24) is 15.2 Å². The number of carbonyl (C=O) groups excluding carboxylic acids is 1. The Morgan fingerprint density at radius 2 is 2.19 bits per heavy atom. The van der Waals surface area contributed by atoms with Gasteiger partial charge in [-0.1, -0.05) is 6.92 Å². The number of pyridine rings is 1. The first kappa shape index (κ1) is 15.7. The number of amides is 1. The van der Waals surface area contributed by atoms with E-state index in [2.05, 4.69) is 15.2 Å². The number of ether oxygens (including phenoxy) is 1. The molecule has 0 radical (unpaired) electrons. The third kappa shape index (κ3) is 4.68. The molecule has 116 valence electrons. The minimum absolute atomic E-state index is 0.0788. The molecular weight excluding hydrogens is 268 g/mol. The second-order valence-electron chi connectivity index (χ2n) is 5.41. The van der Waals surface area contributed by atoms with E-state index in [-0.39, 0.29) is 11.9 Å².